The summed E-state index contributed by atoms with van der Waals surface area (Å²) in [5, 5.41) is 22.2. The molecule has 0 bridgehead atoms. The van der Waals surface area contributed by atoms with E-state index in [1.807, 2.05) is 26.0 Å². The van der Waals surface area contributed by atoms with E-state index < -0.39 is 12.1 Å². The molecule has 2 aromatic heterocycles. The smallest absolute Gasteiger partial charge is 0.340 e. The number of aryl methyl sites for hydroxylation is 2. The maximum atomic E-state index is 13.4. The van der Waals surface area contributed by atoms with Gasteiger partial charge in [0.1, 0.15) is 6.61 Å². The number of carbonyl (C=O) groups excluding carboxylic acids is 1. The Morgan fingerprint density at radius 2 is 1.94 bits per heavy atom. The molecule has 8 N–H and O–H groups in total. The predicted octanol–water partition coefficient (Wildman–Crippen LogP) is -0.0708. The number of hydrogen-bond acceptors (Lipinski definition) is 10. The van der Waals surface area contributed by atoms with Gasteiger partial charge in [0.15, 0.2) is 6.10 Å². The number of aliphatic hydroxyl groups excluding tert-OH is 2. The van der Waals surface area contributed by atoms with E-state index in [1.165, 1.54) is 5.01 Å². The van der Waals surface area contributed by atoms with Crippen molar-refractivity contribution in [3.63, 3.8) is 0 Å². The van der Waals surface area contributed by atoms with Crippen molar-refractivity contribution in [2.24, 2.45) is 17.3 Å². The zero-order valence-corrected chi connectivity index (χ0v) is 20.0. The molecule has 188 valence electrons. The summed E-state index contributed by atoms with van der Waals surface area (Å²) < 4.78 is 6.56. The highest BCUT2D eigenvalue weighted by molar-refractivity contribution is 5.89. The van der Waals surface area contributed by atoms with Crippen LogP contribution >= 0.6 is 0 Å². The van der Waals surface area contributed by atoms with Gasteiger partial charge in [-0.1, -0.05) is 0 Å². The first-order valence-corrected chi connectivity index (χ1v) is 11.5. The number of aliphatic hydroxyl groups is 2. The molecule has 0 amide bonds. The predicted molar refractivity (Wildman–Crippen MR) is 132 cm³/mol. The Bertz CT molecular complexity index is 1530. The number of fused-ring (bicyclic) bond motifs is 5. The minimum atomic E-state index is -1.53. The van der Waals surface area contributed by atoms with Crippen LogP contribution in [0, 0.1) is 13.8 Å². The minimum Gasteiger partial charge on any atom is -0.458 e. The van der Waals surface area contributed by atoms with Crippen LogP contribution in [0.2, 0.25) is 0 Å². The van der Waals surface area contributed by atoms with Crippen molar-refractivity contribution >= 4 is 16.9 Å². The lowest BCUT2D eigenvalue weighted by Gasteiger charge is -2.25. The van der Waals surface area contributed by atoms with Gasteiger partial charge in [0, 0.05) is 23.1 Å². The van der Waals surface area contributed by atoms with Crippen LogP contribution in [0.15, 0.2) is 34.4 Å². The van der Waals surface area contributed by atoms with E-state index in [0.29, 0.717) is 22.6 Å². The van der Waals surface area contributed by atoms with Gasteiger partial charge in [-0.2, -0.15) is 0 Å². The molecule has 0 saturated carbocycles. The maximum Gasteiger partial charge on any atom is 0.340 e. The number of aromatic nitrogens is 2. The molecular formula is C25H28N6O5. The fourth-order valence-electron chi connectivity index (χ4n) is 4.94. The van der Waals surface area contributed by atoms with Crippen molar-refractivity contribution in [1.82, 2.24) is 14.6 Å². The Kier molecular flexibility index (Phi) is 5.80. The molecule has 0 aliphatic carbocycles. The van der Waals surface area contributed by atoms with E-state index in [4.69, 9.17) is 27.0 Å². The molecule has 1 unspecified atom stereocenters. The summed E-state index contributed by atoms with van der Waals surface area (Å²) in [6.07, 6.45) is -1.53. The third-order valence-electron chi connectivity index (χ3n) is 7.10. The molecule has 0 saturated heterocycles. The first kappa shape index (κ1) is 23.9. The molecule has 0 radical (unpaired) electrons. The molecule has 5 rings (SSSR count). The topological polar surface area (TPSA) is 183 Å². The molecule has 4 heterocycles. The van der Waals surface area contributed by atoms with Crippen LogP contribution in [0.4, 0.5) is 0 Å². The van der Waals surface area contributed by atoms with E-state index in [2.05, 4.69) is 0 Å². The highest BCUT2D eigenvalue weighted by Crippen LogP contribution is 2.38. The number of hydrazine groups is 1. The molecule has 11 heteroatoms. The minimum absolute atomic E-state index is 0.0323. The van der Waals surface area contributed by atoms with E-state index in [0.717, 1.165) is 27.6 Å². The number of nitrogens with zero attached hydrogens (tertiary/aromatic N) is 3. The van der Waals surface area contributed by atoms with Gasteiger partial charge in [-0.25, -0.2) is 15.6 Å². The van der Waals surface area contributed by atoms with Crippen molar-refractivity contribution in [2.75, 3.05) is 13.2 Å². The van der Waals surface area contributed by atoms with Crippen molar-refractivity contribution in [2.45, 2.75) is 39.6 Å². The molecular weight excluding hydrogens is 464 g/mol. The molecule has 0 spiro atoms. The van der Waals surface area contributed by atoms with Gasteiger partial charge in [-0.05, 0) is 48.7 Å². The summed E-state index contributed by atoms with van der Waals surface area (Å²) in [6.45, 7) is 3.89. The highest BCUT2D eigenvalue weighted by Gasteiger charge is 2.35. The van der Waals surface area contributed by atoms with Crippen LogP contribution in [0.3, 0.4) is 0 Å². The van der Waals surface area contributed by atoms with Crippen molar-refractivity contribution < 1.29 is 19.7 Å². The summed E-state index contributed by atoms with van der Waals surface area (Å²) in [4.78, 5) is 30.2. The maximum absolute atomic E-state index is 13.4. The molecule has 36 heavy (non-hydrogen) atoms. The standard InChI is InChI=1S/C25H28N6O5/c1-11-3-13-15(8-31(28)21(6-26)18(27)9-32)16-7-30-20(22(16)29-19(13)4-12(11)2)5-14-17(24(30)34)10-36-25(35)23(14)33/h3-5,23,32-33H,6-10,26-28H2,1-2H3/b21-18-. The number of cyclic esters (lactones) is 1. The molecule has 0 fully saturated rings. The second kappa shape index (κ2) is 8.71. The Morgan fingerprint density at radius 3 is 2.64 bits per heavy atom. The molecule has 1 aromatic carbocycles. The number of hydrogen-bond donors (Lipinski definition) is 5. The van der Waals surface area contributed by atoms with Gasteiger partial charge in [0.25, 0.3) is 5.56 Å². The molecule has 1 atom stereocenters. The second-order valence-electron chi connectivity index (χ2n) is 9.20. The number of benzene rings is 1. The van der Waals surface area contributed by atoms with Crippen LogP contribution in [-0.4, -0.2) is 43.9 Å². The average Bonchev–Trinajstić information content (AvgIpc) is 3.22. The normalized spacial score (nSPS) is 16.8. The molecule has 3 aromatic rings. The third-order valence-corrected chi connectivity index (χ3v) is 7.10. The van der Waals surface area contributed by atoms with Crippen molar-refractivity contribution in [3.8, 4) is 11.4 Å². The number of ether oxygens (including phenoxy) is 1. The van der Waals surface area contributed by atoms with Gasteiger partial charge >= 0.3 is 5.97 Å². The summed E-state index contributed by atoms with van der Waals surface area (Å²) >= 11 is 0. The average molecular weight is 493 g/mol. The molecule has 2 aliphatic rings. The van der Waals surface area contributed by atoms with Gasteiger partial charge in [0.2, 0.25) is 0 Å². The Labute approximate surface area is 206 Å². The quantitative estimate of drug-likeness (QED) is 0.144. The van der Waals surface area contributed by atoms with Gasteiger partial charge in [-0.15, -0.1) is 0 Å². The lowest BCUT2D eigenvalue weighted by atomic mass is 9.96. The lowest BCUT2D eigenvalue weighted by molar-refractivity contribution is -0.157. The van der Waals surface area contributed by atoms with Crippen molar-refractivity contribution in [1.29, 1.82) is 0 Å². The summed E-state index contributed by atoms with van der Waals surface area (Å²) in [5.41, 5.74) is 18.1. The van der Waals surface area contributed by atoms with Crippen LogP contribution in [0.25, 0.3) is 22.3 Å². The largest absolute Gasteiger partial charge is 0.458 e. The van der Waals surface area contributed by atoms with Gasteiger partial charge < -0.3 is 36.0 Å². The summed E-state index contributed by atoms with van der Waals surface area (Å²) in [7, 11) is 0. The van der Waals surface area contributed by atoms with E-state index in [-0.39, 0.29) is 55.2 Å². The van der Waals surface area contributed by atoms with Crippen LogP contribution in [0.5, 0.6) is 0 Å². The first-order valence-electron chi connectivity index (χ1n) is 11.5. The Hall–Kier alpha value is -3.77. The number of pyridine rings is 2. The number of nitrogens with two attached hydrogens (primary N) is 3. The number of rotatable bonds is 5. The number of esters is 1. The molecule has 2 aliphatic heterocycles. The Morgan fingerprint density at radius 1 is 1.22 bits per heavy atom. The summed E-state index contributed by atoms with van der Waals surface area (Å²) in [6, 6.07) is 5.66. The van der Waals surface area contributed by atoms with E-state index in [1.54, 1.807) is 10.6 Å². The third kappa shape index (κ3) is 3.56. The zero-order chi connectivity index (χ0) is 25.9. The van der Waals surface area contributed by atoms with E-state index in [9.17, 15) is 19.8 Å². The van der Waals surface area contributed by atoms with Crippen LogP contribution in [0.1, 0.15) is 39.5 Å². The fourth-order valence-corrected chi connectivity index (χ4v) is 4.94. The van der Waals surface area contributed by atoms with Crippen molar-refractivity contribution in [3.05, 3.63) is 73.3 Å². The Balaban J connectivity index is 1.75. The van der Waals surface area contributed by atoms with Crippen LogP contribution < -0.4 is 22.9 Å². The fraction of sp³-hybridized carbons (Fsp3) is 0.320. The lowest BCUT2D eigenvalue weighted by Crippen LogP contribution is -2.36. The highest BCUT2D eigenvalue weighted by atomic mass is 16.5. The first-order chi connectivity index (χ1) is 17.2. The molecule has 11 nitrogen and oxygen atoms in total. The van der Waals surface area contributed by atoms with Crippen LogP contribution in [-0.2, 0) is 29.2 Å². The number of carbonyl (C=O) groups is 1. The van der Waals surface area contributed by atoms with E-state index >= 15 is 0 Å². The SMILES string of the molecule is Cc1cc2nc3c(c(CN(N)/C(CN)=C(\N)CO)c2cc1C)Cn1c-3cc2c(c1=O)COC(=O)C2O. The monoisotopic (exact) mass is 492 g/mol. The summed E-state index contributed by atoms with van der Waals surface area (Å²) in [5.74, 6) is 5.60. The zero-order valence-electron chi connectivity index (χ0n) is 20.0. The van der Waals surface area contributed by atoms with Gasteiger partial charge in [-0.3, -0.25) is 4.79 Å². The van der Waals surface area contributed by atoms with Gasteiger partial charge in [0.05, 0.1) is 53.6 Å². The second-order valence-corrected chi connectivity index (χ2v) is 9.20.